The maximum atomic E-state index is 12.7. The Bertz CT molecular complexity index is 923. The molecule has 0 aromatic carbocycles. The van der Waals surface area contributed by atoms with Crippen molar-refractivity contribution in [1.29, 1.82) is 0 Å². The van der Waals surface area contributed by atoms with Crippen LogP contribution in [-0.2, 0) is 16.0 Å². The minimum atomic E-state index is -1.08. The second-order valence-electron chi connectivity index (χ2n) is 5.32. The van der Waals surface area contributed by atoms with Gasteiger partial charge < -0.3 is 11.1 Å². The summed E-state index contributed by atoms with van der Waals surface area (Å²) in [6.45, 7) is 0. The van der Waals surface area contributed by atoms with Gasteiger partial charge in [0.1, 0.15) is 6.04 Å². The molecule has 3 N–H and O–H groups in total. The second-order valence-corrected chi connectivity index (χ2v) is 7.16. The number of hydrogen-bond donors (Lipinski definition) is 2. The number of rotatable bonds is 7. The van der Waals surface area contributed by atoms with Gasteiger partial charge >= 0.3 is 0 Å². The molecule has 0 aliphatic carbocycles. The number of hydrogen-bond acceptors (Lipinski definition) is 7. The van der Waals surface area contributed by atoms with E-state index in [2.05, 4.69) is 14.7 Å². The van der Waals surface area contributed by atoms with Crippen LogP contribution in [0.3, 0.4) is 0 Å². The summed E-state index contributed by atoms with van der Waals surface area (Å²) in [5, 5.41) is 4.46. The molecule has 7 nitrogen and oxygen atoms in total. The van der Waals surface area contributed by atoms with E-state index in [1.807, 2.05) is 17.5 Å². The third-order valence-corrected chi connectivity index (χ3v) is 5.28. The van der Waals surface area contributed by atoms with E-state index in [0.29, 0.717) is 16.1 Å². The average Bonchev–Trinajstić information content (AvgIpc) is 3.32. The van der Waals surface area contributed by atoms with E-state index >= 15 is 0 Å². The molecule has 1 unspecified atom stereocenters. The molecule has 0 aliphatic heterocycles. The van der Waals surface area contributed by atoms with Gasteiger partial charge in [-0.1, -0.05) is 12.1 Å². The van der Waals surface area contributed by atoms with Crippen LogP contribution in [0.15, 0.2) is 48.1 Å². The van der Waals surface area contributed by atoms with Crippen LogP contribution in [0, 0.1) is 0 Å². The molecule has 0 saturated carbocycles. The van der Waals surface area contributed by atoms with E-state index in [1.165, 1.54) is 17.5 Å². The summed E-state index contributed by atoms with van der Waals surface area (Å²) in [5.41, 5.74) is 6.03. The highest BCUT2D eigenvalue weighted by atomic mass is 32.1. The van der Waals surface area contributed by atoms with Crippen LogP contribution in [-0.4, -0.2) is 33.0 Å². The third-order valence-electron chi connectivity index (χ3n) is 3.56. The van der Waals surface area contributed by atoms with Crippen LogP contribution in [0.5, 0.6) is 0 Å². The van der Waals surface area contributed by atoms with Gasteiger partial charge in [0.25, 0.3) is 11.8 Å². The van der Waals surface area contributed by atoms with Crippen molar-refractivity contribution in [3.8, 4) is 10.6 Å². The van der Waals surface area contributed by atoms with Crippen LogP contribution in [0.2, 0.25) is 0 Å². The molecule has 2 amide bonds. The monoisotopic (exact) mass is 386 g/mol. The number of aromatic nitrogens is 2. The van der Waals surface area contributed by atoms with Crippen molar-refractivity contribution in [3.05, 3.63) is 58.5 Å². The van der Waals surface area contributed by atoms with E-state index in [4.69, 9.17) is 5.73 Å². The summed E-state index contributed by atoms with van der Waals surface area (Å²) >= 11 is 2.56. The molecular weight excluding hydrogens is 372 g/mol. The van der Waals surface area contributed by atoms with Crippen molar-refractivity contribution in [1.82, 2.24) is 14.7 Å². The number of pyridine rings is 1. The van der Waals surface area contributed by atoms with Gasteiger partial charge in [0.2, 0.25) is 5.78 Å². The van der Waals surface area contributed by atoms with E-state index in [0.717, 1.165) is 16.4 Å². The second kappa shape index (κ2) is 7.98. The summed E-state index contributed by atoms with van der Waals surface area (Å²) < 4.78 is 4.05. The van der Waals surface area contributed by atoms with Crippen molar-refractivity contribution in [2.24, 2.45) is 5.73 Å². The quantitative estimate of drug-likeness (QED) is 0.599. The minimum absolute atomic E-state index is 0.196. The molecule has 0 fully saturated rings. The van der Waals surface area contributed by atoms with Gasteiger partial charge in [-0.2, -0.15) is 4.37 Å². The highest BCUT2D eigenvalue weighted by Crippen LogP contribution is 2.25. The zero-order chi connectivity index (χ0) is 18.5. The van der Waals surface area contributed by atoms with Gasteiger partial charge in [-0.3, -0.25) is 19.4 Å². The Labute approximate surface area is 157 Å². The predicted molar refractivity (Wildman–Crippen MR) is 98.8 cm³/mol. The smallest absolute Gasteiger partial charge is 0.287 e. The number of nitrogens with two attached hydrogens (primary N) is 1. The molecule has 1 atom stereocenters. The standard InChI is InChI=1S/C17H14N4O3S2/c18-16(23)14(22)13(8-10-4-3-7-25-10)21-17(24)11-9-20-26-15(11)12-5-1-2-6-19-12/h1-7,9,13H,8H2,(H2,18,23)(H,21,24). The molecule has 9 heteroatoms. The van der Waals surface area contributed by atoms with Crippen molar-refractivity contribution >= 4 is 40.5 Å². The molecule has 0 bridgehead atoms. The number of thiophene rings is 1. The molecular formula is C17H14N4O3S2. The SMILES string of the molecule is NC(=O)C(=O)C(Cc1cccs1)NC(=O)c1cnsc1-c1ccccn1. The highest BCUT2D eigenvalue weighted by Gasteiger charge is 2.27. The maximum Gasteiger partial charge on any atom is 0.287 e. The number of ketones is 1. The zero-order valence-electron chi connectivity index (χ0n) is 13.4. The molecule has 0 aliphatic rings. The lowest BCUT2D eigenvalue weighted by Crippen LogP contribution is -2.47. The van der Waals surface area contributed by atoms with Crippen LogP contribution >= 0.6 is 22.9 Å². The van der Waals surface area contributed by atoms with E-state index in [1.54, 1.807) is 24.4 Å². The molecule has 0 saturated heterocycles. The molecule has 26 heavy (non-hydrogen) atoms. The number of carbonyl (C=O) groups excluding carboxylic acids is 3. The van der Waals surface area contributed by atoms with Gasteiger partial charge in [-0.05, 0) is 35.1 Å². The predicted octanol–water partition coefficient (Wildman–Crippen LogP) is 1.66. The van der Waals surface area contributed by atoms with Crippen LogP contribution in [0.4, 0.5) is 0 Å². The Hall–Kier alpha value is -2.91. The van der Waals surface area contributed by atoms with Crippen molar-refractivity contribution in [2.75, 3.05) is 0 Å². The maximum absolute atomic E-state index is 12.7. The van der Waals surface area contributed by atoms with Gasteiger partial charge in [0.15, 0.2) is 0 Å². The first kappa shape index (κ1) is 17.9. The van der Waals surface area contributed by atoms with Crippen molar-refractivity contribution in [2.45, 2.75) is 12.5 Å². The Morgan fingerprint density at radius 2 is 2.04 bits per heavy atom. The molecule has 3 rings (SSSR count). The molecule has 0 spiro atoms. The first-order valence-electron chi connectivity index (χ1n) is 7.59. The fourth-order valence-corrected chi connectivity index (χ4v) is 3.80. The average molecular weight is 386 g/mol. The largest absolute Gasteiger partial charge is 0.363 e. The first-order chi connectivity index (χ1) is 12.6. The number of carbonyl (C=O) groups is 3. The number of amides is 2. The molecule has 0 radical (unpaired) electrons. The molecule has 3 aromatic heterocycles. The summed E-state index contributed by atoms with van der Waals surface area (Å²) in [6, 6.07) is 7.96. The topological polar surface area (TPSA) is 115 Å². The summed E-state index contributed by atoms with van der Waals surface area (Å²) in [6.07, 6.45) is 3.23. The van der Waals surface area contributed by atoms with Crippen LogP contribution in [0.25, 0.3) is 10.6 Å². The molecule has 3 aromatic rings. The zero-order valence-corrected chi connectivity index (χ0v) is 15.0. The van der Waals surface area contributed by atoms with Crippen molar-refractivity contribution in [3.63, 3.8) is 0 Å². The fourth-order valence-electron chi connectivity index (χ4n) is 2.33. The van der Waals surface area contributed by atoms with Gasteiger partial charge in [-0.15, -0.1) is 11.3 Å². The van der Waals surface area contributed by atoms with E-state index in [-0.39, 0.29) is 6.42 Å². The summed E-state index contributed by atoms with van der Waals surface area (Å²) in [5.74, 6) is -2.43. The van der Waals surface area contributed by atoms with Crippen molar-refractivity contribution < 1.29 is 14.4 Å². The molecule has 132 valence electrons. The van der Waals surface area contributed by atoms with E-state index in [9.17, 15) is 14.4 Å². The lowest BCUT2D eigenvalue weighted by Gasteiger charge is -2.15. The van der Waals surface area contributed by atoms with Gasteiger partial charge in [0.05, 0.1) is 22.3 Å². The van der Waals surface area contributed by atoms with Gasteiger partial charge in [0, 0.05) is 17.5 Å². The Balaban J connectivity index is 1.83. The lowest BCUT2D eigenvalue weighted by molar-refractivity contribution is -0.137. The number of primary amides is 1. The normalized spacial score (nSPS) is 11.7. The van der Waals surface area contributed by atoms with Crippen LogP contribution < -0.4 is 11.1 Å². The third kappa shape index (κ3) is 4.01. The Morgan fingerprint density at radius 3 is 2.69 bits per heavy atom. The Morgan fingerprint density at radius 1 is 1.19 bits per heavy atom. The Kier molecular flexibility index (Phi) is 5.49. The van der Waals surface area contributed by atoms with Crippen LogP contribution in [0.1, 0.15) is 15.2 Å². The lowest BCUT2D eigenvalue weighted by atomic mass is 10.1. The first-order valence-corrected chi connectivity index (χ1v) is 9.24. The number of Topliss-reactive ketones (excluding diaryl/α,β-unsaturated/α-hetero) is 1. The molecule has 3 heterocycles. The summed E-state index contributed by atoms with van der Waals surface area (Å²) in [4.78, 5) is 41.8. The summed E-state index contributed by atoms with van der Waals surface area (Å²) in [7, 11) is 0. The highest BCUT2D eigenvalue weighted by molar-refractivity contribution is 7.10. The fraction of sp³-hybridized carbons (Fsp3) is 0.118. The van der Waals surface area contributed by atoms with Gasteiger partial charge in [-0.25, -0.2) is 0 Å². The number of nitrogens with zero attached hydrogens (tertiary/aromatic N) is 2. The number of nitrogens with one attached hydrogen (secondary N) is 1. The van der Waals surface area contributed by atoms with E-state index < -0.39 is 23.6 Å². The minimum Gasteiger partial charge on any atom is -0.363 e.